The molecule has 0 aliphatic heterocycles. The lowest BCUT2D eigenvalue weighted by Gasteiger charge is -2.28. The van der Waals surface area contributed by atoms with Gasteiger partial charge in [-0.3, -0.25) is 0 Å². The van der Waals surface area contributed by atoms with Crippen molar-refractivity contribution in [3.05, 3.63) is 63.0 Å². The summed E-state index contributed by atoms with van der Waals surface area (Å²) in [7, 11) is 0. The van der Waals surface area contributed by atoms with Crippen LogP contribution >= 0.6 is 11.6 Å². The van der Waals surface area contributed by atoms with Gasteiger partial charge < -0.3 is 10.2 Å². The van der Waals surface area contributed by atoms with Gasteiger partial charge in [-0.15, -0.1) is 0 Å². The summed E-state index contributed by atoms with van der Waals surface area (Å²) in [6.07, 6.45) is 0. The number of phenols is 2. The molecule has 34 heavy (non-hydrogen) atoms. The molecule has 186 valence electrons. The van der Waals surface area contributed by atoms with Gasteiger partial charge in [-0.1, -0.05) is 83.1 Å². The van der Waals surface area contributed by atoms with Crippen molar-refractivity contribution in [2.24, 2.45) is 0 Å². The quantitative estimate of drug-likeness (QED) is 0.418. The van der Waals surface area contributed by atoms with Crippen LogP contribution < -0.4 is 0 Å². The molecule has 2 atom stereocenters. The zero-order valence-corrected chi connectivity index (χ0v) is 24.0. The van der Waals surface area contributed by atoms with Gasteiger partial charge in [0.25, 0.3) is 0 Å². The van der Waals surface area contributed by atoms with E-state index in [2.05, 4.69) is 107 Å². The van der Waals surface area contributed by atoms with E-state index >= 15 is 0 Å². The number of benzene rings is 2. The fourth-order valence-electron chi connectivity index (χ4n) is 4.90. The molecule has 0 aromatic heterocycles. The number of phenolic OH excluding ortho intramolecular Hbond substituents is 2. The minimum atomic E-state index is -0.186. The summed E-state index contributed by atoms with van der Waals surface area (Å²) in [5.41, 5.74) is 5.41. The Bertz CT molecular complexity index is 927. The molecule has 1 saturated carbocycles. The molecule has 1 aliphatic carbocycles. The second kappa shape index (κ2) is 8.12. The predicted octanol–water partition coefficient (Wildman–Crippen LogP) is 8.94. The van der Waals surface area contributed by atoms with E-state index in [1.807, 2.05) is 0 Å². The van der Waals surface area contributed by atoms with Crippen LogP contribution in [0.25, 0.3) is 0 Å². The summed E-state index contributed by atoms with van der Waals surface area (Å²) in [6, 6.07) is 8.58. The van der Waals surface area contributed by atoms with Crippen LogP contribution in [0.15, 0.2) is 24.3 Å². The van der Waals surface area contributed by atoms with Crippen molar-refractivity contribution in [1.82, 2.24) is 0 Å². The van der Waals surface area contributed by atoms with E-state index < -0.39 is 0 Å². The van der Waals surface area contributed by atoms with Crippen molar-refractivity contribution in [3.63, 3.8) is 0 Å². The van der Waals surface area contributed by atoms with Crippen LogP contribution in [-0.4, -0.2) is 10.2 Å². The molecule has 2 nitrogen and oxygen atoms in total. The van der Waals surface area contributed by atoms with E-state index in [1.165, 1.54) is 0 Å². The average Bonchev–Trinajstić information content (AvgIpc) is 3.29. The smallest absolute Gasteiger partial charge is 0.225 e. The molecule has 0 spiro atoms. The first-order valence-corrected chi connectivity index (χ1v) is 12.8. The Labute approximate surface area is 212 Å². The SMILES string of the molecule is CC(C)(C)c1cc(C2[C+](Cl)C2c2cc(C(C)(C)C)c(O)c(C(C)(C)C)c2)cc(C(C)(C)C)c1O. The lowest BCUT2D eigenvalue weighted by atomic mass is 9.77. The first kappa shape index (κ1) is 26.8. The third-order valence-corrected chi connectivity index (χ3v) is 7.50. The molecular formula is C31H44ClO2+. The maximum atomic E-state index is 11.2. The fraction of sp³-hybridized carbons (Fsp3) is 0.581. The molecule has 2 aromatic carbocycles. The van der Waals surface area contributed by atoms with Gasteiger partial charge in [-0.25, -0.2) is 0 Å². The Kier molecular flexibility index (Phi) is 6.40. The Morgan fingerprint density at radius 2 is 0.735 bits per heavy atom. The van der Waals surface area contributed by atoms with Crippen molar-refractivity contribution in [3.8, 4) is 11.5 Å². The van der Waals surface area contributed by atoms with Gasteiger partial charge in [-0.05, 0) is 68.2 Å². The van der Waals surface area contributed by atoms with Gasteiger partial charge in [0.15, 0.2) is 11.8 Å². The molecule has 1 aliphatic rings. The molecule has 3 rings (SSSR count). The fourth-order valence-corrected chi connectivity index (χ4v) is 5.34. The standard InChI is InChI=1S/C31H43ClO2/c1-28(2,3)19-13-17(14-20(26(19)33)29(4,5)6)23-24(25(23)32)18-15-21(30(7,8)9)27(34)22(16-18)31(10,11)12/h13-16,23-24H,1-12H3,(H-,33,34)/p+1. The third kappa shape index (κ3) is 4.94. The highest BCUT2D eigenvalue weighted by atomic mass is 35.5. The number of rotatable bonds is 2. The highest BCUT2D eigenvalue weighted by molar-refractivity contribution is 6.31. The Morgan fingerprint density at radius 1 is 0.529 bits per heavy atom. The van der Waals surface area contributed by atoms with Gasteiger partial charge in [0.05, 0.1) is 0 Å². The summed E-state index contributed by atoms with van der Waals surface area (Å²) in [6.45, 7) is 25.7. The molecular weight excluding hydrogens is 440 g/mol. The Hall–Kier alpha value is -1.80. The molecule has 0 saturated heterocycles. The second-order valence-electron chi connectivity index (χ2n) is 14.3. The van der Waals surface area contributed by atoms with E-state index in [0.717, 1.165) is 38.8 Å². The van der Waals surface area contributed by atoms with E-state index in [9.17, 15) is 10.2 Å². The van der Waals surface area contributed by atoms with Crippen LogP contribution in [0.4, 0.5) is 0 Å². The second-order valence-corrected chi connectivity index (χ2v) is 14.7. The van der Waals surface area contributed by atoms with Crippen LogP contribution in [0, 0.1) is 5.38 Å². The largest absolute Gasteiger partial charge is 0.507 e. The lowest BCUT2D eigenvalue weighted by molar-refractivity contribution is 0.421. The maximum Gasteiger partial charge on any atom is 0.225 e. The Balaban J connectivity index is 2.18. The third-order valence-electron chi connectivity index (χ3n) is 7.03. The van der Waals surface area contributed by atoms with Crippen molar-refractivity contribution >= 4 is 11.6 Å². The Morgan fingerprint density at radius 3 is 0.912 bits per heavy atom. The number of hydrogen-bond acceptors (Lipinski definition) is 2. The molecule has 0 amide bonds. The normalized spacial score (nSPS) is 19.5. The molecule has 0 bridgehead atoms. The van der Waals surface area contributed by atoms with Crippen molar-refractivity contribution in [1.29, 1.82) is 0 Å². The molecule has 2 N–H and O–H groups in total. The molecule has 0 radical (unpaired) electrons. The maximum absolute atomic E-state index is 11.2. The number of aromatic hydroxyl groups is 2. The molecule has 0 heterocycles. The van der Waals surface area contributed by atoms with Crippen LogP contribution in [0.3, 0.4) is 0 Å². The van der Waals surface area contributed by atoms with Gasteiger partial charge >= 0.3 is 0 Å². The van der Waals surface area contributed by atoms with Crippen LogP contribution in [0.5, 0.6) is 11.5 Å². The molecule has 2 unspecified atom stereocenters. The number of halogens is 1. The summed E-state index contributed by atoms with van der Waals surface area (Å²) < 4.78 is 0. The van der Waals surface area contributed by atoms with Gasteiger partial charge in [-0.2, -0.15) is 0 Å². The molecule has 2 aromatic rings. The monoisotopic (exact) mass is 483 g/mol. The number of hydrogen-bond donors (Lipinski definition) is 2. The minimum Gasteiger partial charge on any atom is -0.507 e. The highest BCUT2D eigenvalue weighted by Crippen LogP contribution is 2.66. The summed E-state index contributed by atoms with van der Waals surface area (Å²) in [5.74, 6) is 0.975. The zero-order chi connectivity index (χ0) is 26.2. The zero-order valence-electron chi connectivity index (χ0n) is 23.2. The van der Waals surface area contributed by atoms with Gasteiger partial charge in [0, 0.05) is 11.1 Å². The summed E-state index contributed by atoms with van der Waals surface area (Å²) >= 11 is 6.92. The minimum absolute atomic E-state index is 0.0923. The van der Waals surface area contributed by atoms with Gasteiger partial charge in [0.2, 0.25) is 5.38 Å². The first-order valence-electron chi connectivity index (χ1n) is 12.4. The molecule has 1 fully saturated rings. The topological polar surface area (TPSA) is 40.5 Å². The van der Waals surface area contributed by atoms with Crippen molar-refractivity contribution in [2.75, 3.05) is 0 Å². The van der Waals surface area contributed by atoms with E-state index in [4.69, 9.17) is 11.6 Å². The first-order chi connectivity index (χ1) is 15.2. The lowest BCUT2D eigenvalue weighted by Crippen LogP contribution is -2.18. The highest BCUT2D eigenvalue weighted by Gasteiger charge is 2.67. The van der Waals surface area contributed by atoms with Crippen LogP contribution in [0.2, 0.25) is 0 Å². The van der Waals surface area contributed by atoms with Crippen molar-refractivity contribution < 1.29 is 10.2 Å². The van der Waals surface area contributed by atoms with E-state index in [0.29, 0.717) is 11.5 Å². The van der Waals surface area contributed by atoms with Gasteiger partial charge in [0.1, 0.15) is 23.1 Å². The van der Waals surface area contributed by atoms with E-state index in [1.54, 1.807) is 0 Å². The average molecular weight is 484 g/mol. The van der Waals surface area contributed by atoms with E-state index in [-0.39, 0.29) is 33.5 Å². The predicted molar refractivity (Wildman–Crippen MR) is 146 cm³/mol. The van der Waals surface area contributed by atoms with Crippen molar-refractivity contribution in [2.45, 2.75) is 117 Å². The summed E-state index contributed by atoms with van der Waals surface area (Å²) in [5, 5.41) is 23.2. The van der Waals surface area contributed by atoms with Crippen LogP contribution in [-0.2, 0) is 21.7 Å². The van der Waals surface area contributed by atoms with Crippen LogP contribution in [0.1, 0.15) is 128 Å². The summed E-state index contributed by atoms with van der Waals surface area (Å²) in [4.78, 5) is 0. The molecule has 3 heteroatoms.